The first kappa shape index (κ1) is 35.5. The van der Waals surface area contributed by atoms with Gasteiger partial charge in [-0.15, -0.1) is 0 Å². The van der Waals surface area contributed by atoms with Crippen LogP contribution in [0.4, 0.5) is 0 Å². The molecule has 0 aromatic rings. The number of ether oxygens (including phenoxy) is 5. The van der Waals surface area contributed by atoms with E-state index >= 15 is 0 Å². The summed E-state index contributed by atoms with van der Waals surface area (Å²) in [6.07, 6.45) is -19.6. The first-order valence-electron chi connectivity index (χ1n) is 13.5. The Labute approximate surface area is 245 Å². The van der Waals surface area contributed by atoms with Crippen LogP contribution in [0, 0.1) is 0 Å². The Bertz CT molecular complexity index is 961. The Morgan fingerprint density at radius 2 is 1.21 bits per heavy atom. The Kier molecular flexibility index (Phi) is 12.3. The van der Waals surface area contributed by atoms with Crippen LogP contribution >= 0.6 is 0 Å². The third-order valence-corrected chi connectivity index (χ3v) is 7.55. The van der Waals surface area contributed by atoms with Gasteiger partial charge in [-0.05, 0) is 0 Å². The number of nitrogens with two attached hydrogens (primary N) is 1. The zero-order valence-electron chi connectivity index (χ0n) is 23.6. The number of aliphatic hydroxyl groups is 8. The fourth-order valence-corrected chi connectivity index (χ4v) is 5.43. The molecule has 0 radical (unpaired) electrons. The summed E-state index contributed by atoms with van der Waals surface area (Å²) in [7, 11) is 0. The SMILES string of the molecule is CC(=O)N[C@H]1C(O)O[C@H](CO)[C@@H](O[C@@H]2O[C@H](CO)[C@@H](O[C@@H]3O[C@H](CO)[C@@H](O)[C@H](O)[C@H]3N)[C@H](O)[C@H]2N(C(C)=O)C(C)=O)[C@@H]1O. The van der Waals surface area contributed by atoms with E-state index in [0.29, 0.717) is 4.90 Å². The van der Waals surface area contributed by atoms with Crippen LogP contribution in [0.5, 0.6) is 0 Å². The van der Waals surface area contributed by atoms with Crippen LogP contribution in [-0.4, -0.2) is 175 Å². The number of carbonyl (C=O) groups is 3. The van der Waals surface area contributed by atoms with E-state index < -0.39 is 129 Å². The highest BCUT2D eigenvalue weighted by atomic mass is 16.7. The molecule has 3 heterocycles. The highest BCUT2D eigenvalue weighted by molar-refractivity contribution is 5.93. The quantitative estimate of drug-likeness (QED) is 0.114. The molecule has 43 heavy (non-hydrogen) atoms. The van der Waals surface area contributed by atoms with Gasteiger partial charge in [0.05, 0.1) is 25.9 Å². The molecule has 19 heteroatoms. The molecule has 15 atom stereocenters. The lowest BCUT2D eigenvalue weighted by molar-refractivity contribution is -0.356. The zero-order valence-corrected chi connectivity index (χ0v) is 23.6. The summed E-state index contributed by atoms with van der Waals surface area (Å²) >= 11 is 0. The van der Waals surface area contributed by atoms with Crippen molar-refractivity contribution in [2.45, 2.75) is 113 Å². The van der Waals surface area contributed by atoms with Crippen molar-refractivity contribution >= 4 is 17.7 Å². The van der Waals surface area contributed by atoms with E-state index in [1.54, 1.807) is 0 Å². The molecule has 3 rings (SSSR count). The fraction of sp³-hybridized carbons (Fsp3) is 0.875. The van der Waals surface area contributed by atoms with Crippen LogP contribution in [0.3, 0.4) is 0 Å². The zero-order chi connectivity index (χ0) is 32.3. The number of nitrogens with zero attached hydrogens (tertiary/aromatic N) is 1. The van der Waals surface area contributed by atoms with Crippen molar-refractivity contribution in [2.24, 2.45) is 5.73 Å². The average molecular weight is 628 g/mol. The van der Waals surface area contributed by atoms with E-state index in [1.165, 1.54) is 0 Å². The van der Waals surface area contributed by atoms with Gasteiger partial charge in [0.15, 0.2) is 18.9 Å². The normalized spacial score (nSPS) is 43.6. The van der Waals surface area contributed by atoms with E-state index in [-0.39, 0.29) is 0 Å². The average Bonchev–Trinajstić information content (AvgIpc) is 2.94. The Hall–Kier alpha value is -1.95. The number of imide groups is 1. The molecule has 3 fully saturated rings. The van der Waals surface area contributed by atoms with Gasteiger partial charge in [0.1, 0.15) is 67.0 Å². The van der Waals surface area contributed by atoms with Gasteiger partial charge in [-0.1, -0.05) is 0 Å². The molecule has 0 aromatic carbocycles. The van der Waals surface area contributed by atoms with E-state index in [4.69, 9.17) is 29.4 Å². The minimum atomic E-state index is -1.93. The molecule has 3 aliphatic rings. The van der Waals surface area contributed by atoms with E-state index in [2.05, 4.69) is 5.32 Å². The van der Waals surface area contributed by atoms with Gasteiger partial charge in [-0.25, -0.2) is 0 Å². The molecule has 3 amide bonds. The highest BCUT2D eigenvalue weighted by Gasteiger charge is 2.56. The van der Waals surface area contributed by atoms with Crippen molar-refractivity contribution in [3.63, 3.8) is 0 Å². The van der Waals surface area contributed by atoms with Gasteiger partial charge in [-0.3, -0.25) is 19.3 Å². The maximum atomic E-state index is 12.6. The van der Waals surface area contributed by atoms with Gasteiger partial charge in [0.25, 0.3) is 0 Å². The molecular formula is C24H41N3O16. The summed E-state index contributed by atoms with van der Waals surface area (Å²) in [5, 5.41) is 85.0. The number of rotatable bonds is 9. The number of nitrogens with one attached hydrogen (secondary N) is 1. The van der Waals surface area contributed by atoms with E-state index in [1.807, 2.05) is 0 Å². The standard InChI is InChI=1S/C24H41N3O16/c1-7(31)26-14-18(36)20(11(5-29)39-22(14)38)43-24-15(27(8(2)32)9(3)33)19(37)21(12(6-30)41-24)42-23-13(25)17(35)16(34)10(4-28)40-23/h10-24,28-30,34-38H,4-6,25H2,1-3H3,(H,26,31)/t10-,11-,12-,13-,14-,15-,16-,17-,18-,19-,20-,21-,22?,23+,24+/m1/s1. The van der Waals surface area contributed by atoms with Crippen LogP contribution in [0.15, 0.2) is 0 Å². The summed E-state index contributed by atoms with van der Waals surface area (Å²) in [5.41, 5.74) is 5.94. The topological polar surface area (TPSA) is 300 Å². The van der Waals surface area contributed by atoms with Gasteiger partial charge in [-0.2, -0.15) is 0 Å². The van der Waals surface area contributed by atoms with Crippen LogP contribution in [0.1, 0.15) is 20.8 Å². The summed E-state index contributed by atoms with van der Waals surface area (Å²) in [5.74, 6) is -2.42. The Morgan fingerprint density at radius 1 is 0.721 bits per heavy atom. The number of amides is 3. The monoisotopic (exact) mass is 627 g/mol. The fourth-order valence-electron chi connectivity index (χ4n) is 5.43. The van der Waals surface area contributed by atoms with Gasteiger partial charge in [0.2, 0.25) is 17.7 Å². The smallest absolute Gasteiger partial charge is 0.226 e. The highest BCUT2D eigenvalue weighted by Crippen LogP contribution is 2.34. The van der Waals surface area contributed by atoms with Crippen molar-refractivity contribution in [1.82, 2.24) is 10.2 Å². The first-order chi connectivity index (χ1) is 20.2. The number of hydrogen-bond donors (Lipinski definition) is 10. The Balaban J connectivity index is 1.97. The van der Waals surface area contributed by atoms with Crippen LogP contribution in [0.2, 0.25) is 0 Å². The number of aliphatic hydroxyl groups excluding tert-OH is 8. The molecule has 3 saturated heterocycles. The maximum absolute atomic E-state index is 12.6. The predicted octanol–water partition coefficient (Wildman–Crippen LogP) is -7.06. The van der Waals surface area contributed by atoms with Crippen molar-refractivity contribution < 1.29 is 78.9 Å². The lowest BCUT2D eigenvalue weighted by Crippen LogP contribution is -2.71. The van der Waals surface area contributed by atoms with Crippen molar-refractivity contribution in [1.29, 1.82) is 0 Å². The molecule has 0 aliphatic carbocycles. The molecular weight excluding hydrogens is 586 g/mol. The molecule has 19 nitrogen and oxygen atoms in total. The minimum absolute atomic E-state index is 0.570. The molecule has 248 valence electrons. The molecule has 0 bridgehead atoms. The third-order valence-electron chi connectivity index (χ3n) is 7.55. The molecule has 3 aliphatic heterocycles. The molecule has 0 spiro atoms. The van der Waals surface area contributed by atoms with Crippen LogP contribution in [0.25, 0.3) is 0 Å². The lowest BCUT2D eigenvalue weighted by atomic mass is 9.93. The predicted molar refractivity (Wildman–Crippen MR) is 136 cm³/mol. The maximum Gasteiger partial charge on any atom is 0.226 e. The third kappa shape index (κ3) is 7.48. The summed E-state index contributed by atoms with van der Waals surface area (Å²) in [4.78, 5) is 37.4. The van der Waals surface area contributed by atoms with E-state index in [0.717, 1.165) is 20.8 Å². The molecule has 11 N–H and O–H groups in total. The summed E-state index contributed by atoms with van der Waals surface area (Å²) in [6, 6.07) is -4.63. The lowest BCUT2D eigenvalue weighted by Gasteiger charge is -2.51. The van der Waals surface area contributed by atoms with Crippen molar-refractivity contribution in [3.8, 4) is 0 Å². The van der Waals surface area contributed by atoms with Crippen LogP contribution < -0.4 is 11.1 Å². The Morgan fingerprint density at radius 3 is 1.72 bits per heavy atom. The largest absolute Gasteiger partial charge is 0.394 e. The molecule has 1 unspecified atom stereocenters. The van der Waals surface area contributed by atoms with Gasteiger partial charge < -0.3 is 75.6 Å². The number of hydrogen-bond acceptors (Lipinski definition) is 17. The molecule has 0 saturated carbocycles. The van der Waals surface area contributed by atoms with Gasteiger partial charge >= 0.3 is 0 Å². The molecule has 0 aromatic heterocycles. The minimum Gasteiger partial charge on any atom is -0.394 e. The summed E-state index contributed by atoms with van der Waals surface area (Å²) < 4.78 is 28.2. The van der Waals surface area contributed by atoms with Crippen LogP contribution in [-0.2, 0) is 38.1 Å². The van der Waals surface area contributed by atoms with Gasteiger partial charge in [0, 0.05) is 20.8 Å². The van der Waals surface area contributed by atoms with Crippen molar-refractivity contribution in [2.75, 3.05) is 19.8 Å². The number of carbonyl (C=O) groups excluding carboxylic acids is 3. The van der Waals surface area contributed by atoms with E-state index in [9.17, 15) is 55.2 Å². The second-order valence-electron chi connectivity index (χ2n) is 10.6. The first-order valence-corrected chi connectivity index (χ1v) is 13.5. The second-order valence-corrected chi connectivity index (χ2v) is 10.6. The second kappa shape index (κ2) is 14.9. The van der Waals surface area contributed by atoms with Crippen molar-refractivity contribution in [3.05, 3.63) is 0 Å². The summed E-state index contributed by atoms with van der Waals surface area (Å²) in [6.45, 7) is 0.678.